The van der Waals surface area contributed by atoms with Gasteiger partial charge in [0.25, 0.3) is 0 Å². The van der Waals surface area contributed by atoms with Crippen LogP contribution in [0.2, 0.25) is 0 Å². The van der Waals surface area contributed by atoms with Gasteiger partial charge in [-0.15, -0.1) is 11.3 Å². The van der Waals surface area contributed by atoms with E-state index >= 15 is 0 Å². The number of hydrogen-bond donors (Lipinski definition) is 1. The highest BCUT2D eigenvalue weighted by Crippen LogP contribution is 2.44. The van der Waals surface area contributed by atoms with Crippen molar-refractivity contribution in [2.45, 2.75) is 38.7 Å². The second-order valence-corrected chi connectivity index (χ2v) is 6.29. The van der Waals surface area contributed by atoms with Gasteiger partial charge in [-0.1, -0.05) is 0 Å². The first-order chi connectivity index (χ1) is 9.18. The smallest absolute Gasteiger partial charge is 0.164 e. The average Bonchev–Trinajstić information content (AvgIpc) is 2.69. The summed E-state index contributed by atoms with van der Waals surface area (Å²) < 4.78 is 5.70. The molecular weight excluding hydrogens is 258 g/mol. The Morgan fingerprint density at radius 1 is 1.42 bits per heavy atom. The highest BCUT2D eigenvalue weighted by Gasteiger charge is 2.42. The highest BCUT2D eigenvalue weighted by atomic mass is 32.1. The summed E-state index contributed by atoms with van der Waals surface area (Å²) in [5.41, 5.74) is -0.254. The molecule has 0 aliphatic heterocycles. The van der Waals surface area contributed by atoms with Crippen molar-refractivity contribution in [1.82, 2.24) is 9.97 Å². The van der Waals surface area contributed by atoms with Crippen LogP contribution in [0.25, 0.3) is 10.2 Å². The molecule has 1 aliphatic carbocycles. The van der Waals surface area contributed by atoms with Crippen LogP contribution in [-0.4, -0.2) is 23.6 Å². The Bertz CT molecular complexity index is 598. The van der Waals surface area contributed by atoms with Crippen LogP contribution in [0.1, 0.15) is 36.9 Å². The van der Waals surface area contributed by atoms with Crippen molar-refractivity contribution in [1.29, 1.82) is 0 Å². The van der Waals surface area contributed by atoms with Crippen LogP contribution in [0.4, 0.5) is 5.82 Å². The van der Waals surface area contributed by atoms with Crippen LogP contribution in [0, 0.1) is 6.92 Å². The Kier molecular flexibility index (Phi) is 3.19. The summed E-state index contributed by atoms with van der Waals surface area (Å²) in [7, 11) is 1.76. The SMILES string of the molecule is CCNc1nc(C2(OC)CCC2)nc2sc(C)cc12. The topological polar surface area (TPSA) is 47.0 Å². The predicted octanol–water partition coefficient (Wildman–Crippen LogP) is 3.46. The van der Waals surface area contributed by atoms with Crippen molar-refractivity contribution in [3.05, 3.63) is 16.8 Å². The number of hydrogen-bond acceptors (Lipinski definition) is 5. The summed E-state index contributed by atoms with van der Waals surface area (Å²) in [5.74, 6) is 1.78. The molecule has 1 saturated carbocycles. The minimum Gasteiger partial charge on any atom is -0.370 e. The minimum atomic E-state index is -0.254. The third-order valence-corrected chi connectivity index (χ3v) is 4.76. The number of aryl methyl sites for hydroxylation is 1. The number of aromatic nitrogens is 2. The Morgan fingerprint density at radius 2 is 2.21 bits per heavy atom. The van der Waals surface area contributed by atoms with Crippen molar-refractivity contribution in [2.24, 2.45) is 0 Å². The van der Waals surface area contributed by atoms with E-state index in [1.165, 1.54) is 11.3 Å². The molecule has 102 valence electrons. The van der Waals surface area contributed by atoms with Crippen molar-refractivity contribution in [3.8, 4) is 0 Å². The van der Waals surface area contributed by atoms with E-state index in [-0.39, 0.29) is 5.60 Å². The molecule has 0 saturated heterocycles. The number of fused-ring (bicyclic) bond motifs is 1. The van der Waals surface area contributed by atoms with Crippen molar-refractivity contribution < 1.29 is 4.74 Å². The first-order valence-electron chi connectivity index (χ1n) is 6.76. The van der Waals surface area contributed by atoms with Gasteiger partial charge in [-0.3, -0.25) is 0 Å². The van der Waals surface area contributed by atoms with Gasteiger partial charge in [-0.25, -0.2) is 9.97 Å². The largest absolute Gasteiger partial charge is 0.370 e. The van der Waals surface area contributed by atoms with Crippen LogP contribution in [0.3, 0.4) is 0 Å². The van der Waals surface area contributed by atoms with Crippen molar-refractivity contribution in [2.75, 3.05) is 19.0 Å². The third-order valence-electron chi connectivity index (χ3n) is 3.82. The molecule has 0 bridgehead atoms. The lowest BCUT2D eigenvalue weighted by Crippen LogP contribution is -2.38. The van der Waals surface area contributed by atoms with E-state index in [1.54, 1.807) is 18.4 Å². The number of anilines is 1. The molecule has 0 aromatic carbocycles. The van der Waals surface area contributed by atoms with Gasteiger partial charge in [-0.05, 0) is 39.2 Å². The number of methoxy groups -OCH3 is 1. The summed E-state index contributed by atoms with van der Waals surface area (Å²) in [6.45, 7) is 5.06. The number of rotatable bonds is 4. The molecular formula is C14H19N3OS. The lowest BCUT2D eigenvalue weighted by molar-refractivity contribution is -0.0843. The van der Waals surface area contributed by atoms with Crippen molar-refractivity contribution >= 4 is 27.4 Å². The molecule has 0 amide bonds. The fourth-order valence-corrected chi connectivity index (χ4v) is 3.44. The molecule has 5 heteroatoms. The summed E-state index contributed by atoms with van der Waals surface area (Å²) in [4.78, 5) is 11.8. The highest BCUT2D eigenvalue weighted by molar-refractivity contribution is 7.18. The monoisotopic (exact) mass is 277 g/mol. The Balaban J connectivity index is 2.15. The van der Waals surface area contributed by atoms with Gasteiger partial charge in [0.2, 0.25) is 0 Å². The molecule has 0 spiro atoms. The van der Waals surface area contributed by atoms with Crippen LogP contribution < -0.4 is 5.32 Å². The van der Waals surface area contributed by atoms with Gasteiger partial charge < -0.3 is 10.1 Å². The first-order valence-corrected chi connectivity index (χ1v) is 7.58. The Hall–Kier alpha value is -1.20. The Labute approximate surface area is 117 Å². The first kappa shape index (κ1) is 12.8. The molecule has 19 heavy (non-hydrogen) atoms. The molecule has 1 aliphatic rings. The molecule has 3 rings (SSSR count). The summed E-state index contributed by atoms with van der Waals surface area (Å²) >= 11 is 1.72. The molecule has 4 nitrogen and oxygen atoms in total. The van der Waals surface area contributed by atoms with E-state index in [1.807, 2.05) is 0 Å². The molecule has 0 atom stereocenters. The Morgan fingerprint density at radius 3 is 2.79 bits per heavy atom. The number of nitrogens with one attached hydrogen (secondary N) is 1. The molecule has 1 fully saturated rings. The van der Waals surface area contributed by atoms with Crippen LogP contribution in [-0.2, 0) is 10.3 Å². The maximum Gasteiger partial charge on any atom is 0.164 e. The molecule has 1 N–H and O–H groups in total. The van der Waals surface area contributed by atoms with E-state index < -0.39 is 0 Å². The van der Waals surface area contributed by atoms with E-state index in [0.717, 1.165) is 41.2 Å². The molecule has 2 heterocycles. The summed E-state index contributed by atoms with van der Waals surface area (Å²) in [5, 5.41) is 4.47. The average molecular weight is 277 g/mol. The zero-order chi connectivity index (χ0) is 13.5. The molecule has 2 aromatic heterocycles. The normalized spacial score (nSPS) is 17.4. The minimum absolute atomic E-state index is 0.254. The summed E-state index contributed by atoms with van der Waals surface area (Å²) in [6, 6.07) is 2.15. The van der Waals surface area contributed by atoms with Crippen molar-refractivity contribution in [3.63, 3.8) is 0 Å². The number of thiophene rings is 1. The van der Waals surface area contributed by atoms with Gasteiger partial charge in [0.1, 0.15) is 16.2 Å². The maximum absolute atomic E-state index is 5.70. The molecule has 2 aromatic rings. The zero-order valence-electron chi connectivity index (χ0n) is 11.6. The fraction of sp³-hybridized carbons (Fsp3) is 0.571. The van der Waals surface area contributed by atoms with E-state index in [9.17, 15) is 0 Å². The van der Waals surface area contributed by atoms with Crippen LogP contribution in [0.5, 0.6) is 0 Å². The predicted molar refractivity (Wildman–Crippen MR) is 78.9 cm³/mol. The zero-order valence-corrected chi connectivity index (χ0v) is 12.4. The maximum atomic E-state index is 5.70. The van der Waals surface area contributed by atoms with Gasteiger partial charge in [0.15, 0.2) is 5.82 Å². The number of nitrogens with zero attached hydrogens (tertiary/aromatic N) is 2. The van der Waals surface area contributed by atoms with E-state index in [0.29, 0.717) is 0 Å². The van der Waals surface area contributed by atoms with Gasteiger partial charge >= 0.3 is 0 Å². The third kappa shape index (κ3) is 2.01. The molecule has 0 unspecified atom stereocenters. The van der Waals surface area contributed by atoms with Gasteiger partial charge in [0, 0.05) is 18.5 Å². The molecule has 0 radical (unpaired) electrons. The van der Waals surface area contributed by atoms with E-state index in [4.69, 9.17) is 14.7 Å². The fourth-order valence-electron chi connectivity index (χ4n) is 2.56. The van der Waals surface area contributed by atoms with Crippen LogP contribution in [0.15, 0.2) is 6.07 Å². The van der Waals surface area contributed by atoms with E-state index in [2.05, 4.69) is 25.2 Å². The van der Waals surface area contributed by atoms with Gasteiger partial charge in [0.05, 0.1) is 5.39 Å². The standard InChI is InChI=1S/C14H19N3OS/c1-4-15-11-10-8-9(2)19-12(10)17-13(16-11)14(18-3)6-5-7-14/h8H,4-7H2,1-3H3,(H,15,16,17). The second kappa shape index (κ2) is 4.72. The quantitative estimate of drug-likeness (QED) is 0.929. The second-order valence-electron chi connectivity index (χ2n) is 5.05. The lowest BCUT2D eigenvalue weighted by Gasteiger charge is -2.38. The summed E-state index contributed by atoms with van der Waals surface area (Å²) in [6.07, 6.45) is 3.23. The number of ether oxygens (including phenoxy) is 1. The lowest BCUT2D eigenvalue weighted by atomic mass is 9.79. The van der Waals surface area contributed by atoms with Crippen LogP contribution >= 0.6 is 11.3 Å². The van der Waals surface area contributed by atoms with Gasteiger partial charge in [-0.2, -0.15) is 0 Å².